The maximum absolute atomic E-state index is 13.2. The van der Waals surface area contributed by atoms with Gasteiger partial charge in [-0.2, -0.15) is 4.31 Å². The van der Waals surface area contributed by atoms with Crippen molar-refractivity contribution in [3.63, 3.8) is 0 Å². The first-order chi connectivity index (χ1) is 17.8. The summed E-state index contributed by atoms with van der Waals surface area (Å²) in [6.07, 6.45) is 7.50. The Bertz CT molecular complexity index is 1180. The van der Waals surface area contributed by atoms with Gasteiger partial charge in [-0.3, -0.25) is 9.59 Å². The highest BCUT2D eigenvalue weighted by atomic mass is 32.2. The topological polar surface area (TPSA) is 129 Å². The Hall–Kier alpha value is -2.35. The summed E-state index contributed by atoms with van der Waals surface area (Å²) in [4.78, 5) is 34.3. The van der Waals surface area contributed by atoms with Crippen LogP contribution in [0.25, 0.3) is 0 Å². The standard InChI is InChI=1S/C24H34N6O5S2/c1-17-21(16-26-35-17)37(33,34)30-13-6-20(7-14-30)28-9-4-19(5-10-28)23(32)29-11-2-18(3-12-29)22(31)27-24-25-8-15-36-24/h8,15-16,18-20H,2-7,9-14H2,1H3,(H,25,27,31). The number of anilines is 1. The molecule has 3 saturated heterocycles. The number of carbonyl (C=O) groups is 2. The van der Waals surface area contributed by atoms with Crippen molar-refractivity contribution in [1.82, 2.24) is 24.2 Å². The molecule has 0 spiro atoms. The fraction of sp³-hybridized carbons (Fsp3) is 0.667. The van der Waals surface area contributed by atoms with Crippen molar-refractivity contribution < 1.29 is 22.5 Å². The van der Waals surface area contributed by atoms with Crippen molar-refractivity contribution in [2.75, 3.05) is 44.6 Å². The number of piperidine rings is 3. The van der Waals surface area contributed by atoms with Crippen LogP contribution in [0.5, 0.6) is 0 Å². The SMILES string of the molecule is Cc1oncc1S(=O)(=O)N1CCC(N2CCC(C(=O)N3CCC(C(=O)Nc4nccs4)CC3)CC2)CC1. The van der Waals surface area contributed by atoms with Gasteiger partial charge in [-0.1, -0.05) is 5.16 Å². The maximum Gasteiger partial charge on any atom is 0.248 e. The lowest BCUT2D eigenvalue weighted by atomic mass is 9.90. The van der Waals surface area contributed by atoms with E-state index in [-0.39, 0.29) is 28.5 Å². The molecule has 0 unspecified atom stereocenters. The Morgan fingerprint density at radius 2 is 1.68 bits per heavy atom. The van der Waals surface area contributed by atoms with Gasteiger partial charge in [0, 0.05) is 55.6 Å². The van der Waals surface area contributed by atoms with E-state index in [1.807, 2.05) is 10.3 Å². The minimum absolute atomic E-state index is 0.00854. The van der Waals surface area contributed by atoms with Crippen molar-refractivity contribution in [1.29, 1.82) is 0 Å². The molecule has 11 nitrogen and oxygen atoms in total. The highest BCUT2D eigenvalue weighted by Gasteiger charge is 2.37. The molecule has 0 aromatic carbocycles. The van der Waals surface area contributed by atoms with Crippen LogP contribution in [0.4, 0.5) is 5.13 Å². The van der Waals surface area contributed by atoms with E-state index in [1.54, 1.807) is 13.1 Å². The summed E-state index contributed by atoms with van der Waals surface area (Å²) in [6, 6.07) is 0.332. The average Bonchev–Trinajstić information content (AvgIpc) is 3.60. The monoisotopic (exact) mass is 550 g/mol. The number of carbonyl (C=O) groups excluding carboxylic acids is 2. The van der Waals surface area contributed by atoms with Crippen molar-refractivity contribution in [3.8, 4) is 0 Å². The average molecular weight is 551 g/mol. The van der Waals surface area contributed by atoms with E-state index in [0.29, 0.717) is 56.0 Å². The molecule has 202 valence electrons. The second-order valence-corrected chi connectivity index (χ2v) is 12.9. The maximum atomic E-state index is 13.2. The van der Waals surface area contributed by atoms with Gasteiger partial charge in [0.05, 0.1) is 6.20 Å². The molecule has 37 heavy (non-hydrogen) atoms. The number of amides is 2. The van der Waals surface area contributed by atoms with Crippen LogP contribution in [0, 0.1) is 18.8 Å². The molecule has 2 aromatic rings. The fourth-order valence-electron chi connectivity index (χ4n) is 5.75. The van der Waals surface area contributed by atoms with Crippen molar-refractivity contribution in [2.24, 2.45) is 11.8 Å². The summed E-state index contributed by atoms with van der Waals surface area (Å²) in [7, 11) is -3.58. The van der Waals surface area contributed by atoms with Gasteiger partial charge in [-0.25, -0.2) is 13.4 Å². The Morgan fingerprint density at radius 1 is 1.00 bits per heavy atom. The van der Waals surface area contributed by atoms with E-state index in [0.717, 1.165) is 38.8 Å². The van der Waals surface area contributed by atoms with Crippen molar-refractivity contribution in [2.45, 2.75) is 56.4 Å². The molecule has 13 heteroatoms. The zero-order chi connectivity index (χ0) is 26.0. The predicted molar refractivity (Wildman–Crippen MR) is 137 cm³/mol. The van der Waals surface area contributed by atoms with Crippen LogP contribution in [0.3, 0.4) is 0 Å². The molecule has 5 rings (SSSR count). The third-order valence-corrected chi connectivity index (χ3v) is 10.7. The van der Waals surface area contributed by atoms with Crippen LogP contribution < -0.4 is 5.32 Å². The normalized spacial score (nSPS) is 21.8. The number of hydrogen-bond donors (Lipinski definition) is 1. The molecule has 2 amide bonds. The largest absolute Gasteiger partial charge is 0.360 e. The number of aromatic nitrogens is 2. The van der Waals surface area contributed by atoms with Gasteiger partial charge in [0.25, 0.3) is 0 Å². The molecule has 2 aromatic heterocycles. The van der Waals surface area contributed by atoms with Crippen molar-refractivity contribution >= 4 is 38.3 Å². The third kappa shape index (κ3) is 5.74. The molecular formula is C24H34N6O5S2. The quantitative estimate of drug-likeness (QED) is 0.580. The molecular weight excluding hydrogens is 516 g/mol. The van der Waals surface area contributed by atoms with E-state index in [9.17, 15) is 18.0 Å². The molecule has 0 saturated carbocycles. The number of sulfonamides is 1. The number of thiazole rings is 1. The first-order valence-corrected chi connectivity index (χ1v) is 15.3. The van der Waals surface area contributed by atoms with Crippen LogP contribution in [0.1, 0.15) is 44.3 Å². The fourth-order valence-corrected chi connectivity index (χ4v) is 7.83. The zero-order valence-electron chi connectivity index (χ0n) is 21.0. The zero-order valence-corrected chi connectivity index (χ0v) is 22.7. The molecule has 1 N–H and O–H groups in total. The summed E-state index contributed by atoms with van der Waals surface area (Å²) in [5, 5.41) is 8.93. The summed E-state index contributed by atoms with van der Waals surface area (Å²) in [5.41, 5.74) is 0. The second kappa shape index (κ2) is 11.2. The second-order valence-electron chi connectivity index (χ2n) is 10.1. The summed E-state index contributed by atoms with van der Waals surface area (Å²) in [5.74, 6) is 0.457. The first kappa shape index (κ1) is 26.3. The lowest BCUT2D eigenvalue weighted by Crippen LogP contribution is -2.51. The number of nitrogens with one attached hydrogen (secondary N) is 1. The Balaban J connectivity index is 1.05. The predicted octanol–water partition coefficient (Wildman–Crippen LogP) is 2.18. The molecule has 5 heterocycles. The number of hydrogen-bond acceptors (Lipinski definition) is 9. The van der Waals surface area contributed by atoms with Gasteiger partial charge in [0.2, 0.25) is 21.8 Å². The molecule has 3 aliphatic rings. The van der Waals surface area contributed by atoms with Crippen LogP contribution in [-0.4, -0.2) is 89.8 Å². The van der Waals surface area contributed by atoms with Gasteiger partial charge in [-0.15, -0.1) is 11.3 Å². The molecule has 0 radical (unpaired) electrons. The minimum atomic E-state index is -3.58. The molecule has 3 fully saturated rings. The summed E-state index contributed by atoms with van der Waals surface area (Å²) >= 11 is 1.40. The molecule has 0 bridgehead atoms. The Kier molecular flexibility index (Phi) is 7.93. The van der Waals surface area contributed by atoms with E-state index in [2.05, 4.69) is 20.4 Å². The van der Waals surface area contributed by atoms with E-state index in [4.69, 9.17) is 4.52 Å². The number of likely N-dealkylation sites (tertiary alicyclic amines) is 2. The summed E-state index contributed by atoms with van der Waals surface area (Å²) < 4.78 is 32.3. The van der Waals surface area contributed by atoms with E-state index in [1.165, 1.54) is 21.8 Å². The highest BCUT2D eigenvalue weighted by molar-refractivity contribution is 7.89. The van der Waals surface area contributed by atoms with Crippen LogP contribution in [0.2, 0.25) is 0 Å². The molecule has 0 aliphatic carbocycles. The number of rotatable bonds is 6. The summed E-state index contributed by atoms with van der Waals surface area (Å²) in [6.45, 7) is 5.50. The lowest BCUT2D eigenvalue weighted by molar-refractivity contribution is -0.140. The van der Waals surface area contributed by atoms with Crippen LogP contribution in [0.15, 0.2) is 27.2 Å². The van der Waals surface area contributed by atoms with Crippen molar-refractivity contribution in [3.05, 3.63) is 23.5 Å². The number of aryl methyl sites for hydroxylation is 1. The smallest absolute Gasteiger partial charge is 0.248 e. The van der Waals surface area contributed by atoms with Gasteiger partial charge in [-0.05, 0) is 58.5 Å². The minimum Gasteiger partial charge on any atom is -0.360 e. The Morgan fingerprint density at radius 3 is 2.27 bits per heavy atom. The highest BCUT2D eigenvalue weighted by Crippen LogP contribution is 2.29. The molecule has 0 atom stereocenters. The van der Waals surface area contributed by atoms with Gasteiger partial charge in [0.1, 0.15) is 4.90 Å². The van der Waals surface area contributed by atoms with Gasteiger partial charge >= 0.3 is 0 Å². The van der Waals surface area contributed by atoms with Crippen LogP contribution in [-0.2, 0) is 19.6 Å². The number of nitrogens with zero attached hydrogens (tertiary/aromatic N) is 5. The Labute approximate surface area is 221 Å². The van der Waals surface area contributed by atoms with Crippen LogP contribution >= 0.6 is 11.3 Å². The van der Waals surface area contributed by atoms with Gasteiger partial charge in [0.15, 0.2) is 10.9 Å². The molecule has 3 aliphatic heterocycles. The lowest BCUT2D eigenvalue weighted by Gasteiger charge is -2.42. The first-order valence-electron chi connectivity index (χ1n) is 13.0. The van der Waals surface area contributed by atoms with E-state index < -0.39 is 10.0 Å². The van der Waals surface area contributed by atoms with E-state index >= 15 is 0 Å². The third-order valence-electron chi connectivity index (χ3n) is 7.98. The van der Waals surface area contributed by atoms with Gasteiger partial charge < -0.3 is 19.6 Å².